The van der Waals surface area contributed by atoms with Crippen molar-refractivity contribution in [3.05, 3.63) is 99.7 Å². The fourth-order valence-electron chi connectivity index (χ4n) is 3.76. The first-order valence-electron chi connectivity index (χ1n) is 10.5. The number of hydrogen-bond donors (Lipinski definition) is 1. The van der Waals surface area contributed by atoms with Crippen molar-refractivity contribution in [3.8, 4) is 0 Å². The minimum Gasteiger partial charge on any atom is -0.357 e. The van der Waals surface area contributed by atoms with Gasteiger partial charge in [0.15, 0.2) is 0 Å². The second kappa shape index (κ2) is 10.0. The van der Waals surface area contributed by atoms with Crippen molar-refractivity contribution >= 4 is 11.8 Å². The van der Waals surface area contributed by atoms with E-state index in [2.05, 4.69) is 10.3 Å². The van der Waals surface area contributed by atoms with E-state index in [1.165, 1.54) is 10.8 Å². The van der Waals surface area contributed by atoms with Crippen LogP contribution in [-0.4, -0.2) is 45.9 Å². The molecule has 0 aliphatic rings. The summed E-state index contributed by atoms with van der Waals surface area (Å²) in [6, 6.07) is 16.3. The number of carbonyl (C=O) groups is 2. The first kappa shape index (κ1) is 22.9. The Kier molecular flexibility index (Phi) is 7.20. The predicted octanol–water partition coefficient (Wildman–Crippen LogP) is 2.50. The fraction of sp³-hybridized carbons (Fsp3) is 0.280. The molecule has 1 N–H and O–H groups in total. The normalized spacial score (nSPS) is 12.6. The third-order valence-corrected chi connectivity index (χ3v) is 5.59. The van der Waals surface area contributed by atoms with Crippen LogP contribution in [0.25, 0.3) is 0 Å². The molecule has 3 aromatic rings. The average Bonchev–Trinajstić information content (AvgIpc) is 2.82. The van der Waals surface area contributed by atoms with Crippen LogP contribution in [0.2, 0.25) is 0 Å². The summed E-state index contributed by atoms with van der Waals surface area (Å²) < 4.78 is 1.39. The molecular formula is C25H28N4O3. The third-order valence-electron chi connectivity index (χ3n) is 5.59. The molecule has 0 saturated heterocycles. The zero-order valence-corrected chi connectivity index (χ0v) is 18.8. The molecule has 2 unspecified atom stereocenters. The highest BCUT2D eigenvalue weighted by molar-refractivity contribution is 5.97. The van der Waals surface area contributed by atoms with Crippen molar-refractivity contribution in [2.24, 2.45) is 7.05 Å². The highest BCUT2D eigenvalue weighted by Crippen LogP contribution is 2.26. The van der Waals surface area contributed by atoms with E-state index in [1.807, 2.05) is 48.5 Å². The summed E-state index contributed by atoms with van der Waals surface area (Å²) >= 11 is 0. The Labute approximate surface area is 187 Å². The van der Waals surface area contributed by atoms with Crippen LogP contribution < -0.4 is 10.9 Å². The van der Waals surface area contributed by atoms with Crippen LogP contribution in [0, 0.1) is 6.92 Å². The maximum Gasteiger partial charge on any atom is 0.256 e. The van der Waals surface area contributed by atoms with E-state index < -0.39 is 6.04 Å². The van der Waals surface area contributed by atoms with Gasteiger partial charge in [0, 0.05) is 50.2 Å². The van der Waals surface area contributed by atoms with E-state index in [0.717, 1.165) is 11.3 Å². The molecule has 2 amide bonds. The Morgan fingerprint density at radius 1 is 1.12 bits per heavy atom. The smallest absolute Gasteiger partial charge is 0.256 e. The quantitative estimate of drug-likeness (QED) is 0.622. The minimum absolute atomic E-state index is 0.164. The number of benzene rings is 1. The molecule has 32 heavy (non-hydrogen) atoms. The SMILES string of the molecule is CNC(=O)C(C)N(CC(c1ccccc1)c1ccccn1)C(=O)c1cc(C)c(=O)n(C)c1. The minimum atomic E-state index is -0.722. The molecule has 0 radical (unpaired) electrons. The largest absolute Gasteiger partial charge is 0.357 e. The summed E-state index contributed by atoms with van der Waals surface area (Å²) in [5.41, 5.74) is 2.45. The first-order chi connectivity index (χ1) is 15.3. The standard InChI is InChI=1S/C25H28N4O3/c1-17-14-20(15-28(4)24(17)31)25(32)29(18(2)23(30)26-3)16-21(19-10-6-5-7-11-19)22-12-8-9-13-27-22/h5-15,18,21H,16H2,1-4H3,(H,26,30). The number of pyridine rings is 2. The zero-order chi connectivity index (χ0) is 23.3. The summed E-state index contributed by atoms with van der Waals surface area (Å²) in [4.78, 5) is 44.4. The van der Waals surface area contributed by atoms with Crippen molar-refractivity contribution in [3.63, 3.8) is 0 Å². The lowest BCUT2D eigenvalue weighted by Gasteiger charge is -2.32. The second-order valence-electron chi connectivity index (χ2n) is 7.79. The number of aromatic nitrogens is 2. The van der Waals surface area contributed by atoms with Crippen LogP contribution in [-0.2, 0) is 11.8 Å². The van der Waals surface area contributed by atoms with E-state index in [1.54, 1.807) is 45.1 Å². The molecule has 0 bridgehead atoms. The van der Waals surface area contributed by atoms with Gasteiger partial charge in [0.05, 0.1) is 5.56 Å². The molecular weight excluding hydrogens is 404 g/mol. The number of nitrogens with one attached hydrogen (secondary N) is 1. The molecule has 1 aromatic carbocycles. The van der Waals surface area contributed by atoms with Gasteiger partial charge in [0.2, 0.25) is 5.91 Å². The highest BCUT2D eigenvalue weighted by Gasteiger charge is 2.30. The number of aryl methyl sites for hydroxylation is 2. The predicted molar refractivity (Wildman–Crippen MR) is 124 cm³/mol. The molecule has 7 nitrogen and oxygen atoms in total. The Morgan fingerprint density at radius 3 is 2.41 bits per heavy atom. The molecule has 2 heterocycles. The lowest BCUT2D eigenvalue weighted by molar-refractivity contribution is -0.124. The van der Waals surface area contributed by atoms with Crippen molar-refractivity contribution in [2.75, 3.05) is 13.6 Å². The number of hydrogen-bond acceptors (Lipinski definition) is 4. The molecule has 2 atom stereocenters. The topological polar surface area (TPSA) is 84.3 Å². The molecule has 0 saturated carbocycles. The summed E-state index contributed by atoms with van der Waals surface area (Å²) in [7, 11) is 3.16. The van der Waals surface area contributed by atoms with Crippen LogP contribution >= 0.6 is 0 Å². The van der Waals surface area contributed by atoms with E-state index in [0.29, 0.717) is 11.1 Å². The van der Waals surface area contributed by atoms with E-state index in [4.69, 9.17) is 0 Å². The first-order valence-corrected chi connectivity index (χ1v) is 10.5. The third kappa shape index (κ3) is 4.94. The number of likely N-dealkylation sites (N-methyl/N-ethyl adjacent to an activating group) is 1. The number of nitrogens with zero attached hydrogens (tertiary/aromatic N) is 3. The Bertz CT molecular complexity index is 1080. The van der Waals surface area contributed by atoms with Crippen molar-refractivity contribution in [2.45, 2.75) is 25.8 Å². The van der Waals surface area contributed by atoms with Gasteiger partial charge in [0.1, 0.15) is 6.04 Å². The van der Waals surface area contributed by atoms with Gasteiger partial charge in [-0.15, -0.1) is 0 Å². The van der Waals surface area contributed by atoms with Gasteiger partial charge in [-0.2, -0.15) is 0 Å². The highest BCUT2D eigenvalue weighted by atomic mass is 16.2. The lowest BCUT2D eigenvalue weighted by Crippen LogP contribution is -2.49. The number of carbonyl (C=O) groups excluding carboxylic acids is 2. The van der Waals surface area contributed by atoms with Crippen LogP contribution in [0.4, 0.5) is 0 Å². The van der Waals surface area contributed by atoms with E-state index >= 15 is 0 Å². The van der Waals surface area contributed by atoms with Gasteiger partial charge in [0.25, 0.3) is 11.5 Å². The Morgan fingerprint density at radius 2 is 1.81 bits per heavy atom. The van der Waals surface area contributed by atoms with E-state index in [9.17, 15) is 14.4 Å². The van der Waals surface area contributed by atoms with Gasteiger partial charge in [-0.1, -0.05) is 36.4 Å². The molecule has 0 fully saturated rings. The number of amides is 2. The monoisotopic (exact) mass is 432 g/mol. The summed E-state index contributed by atoms with van der Waals surface area (Å²) in [5, 5.41) is 2.63. The zero-order valence-electron chi connectivity index (χ0n) is 18.8. The van der Waals surface area contributed by atoms with Crippen LogP contribution in [0.1, 0.15) is 40.0 Å². The van der Waals surface area contributed by atoms with Crippen LogP contribution in [0.3, 0.4) is 0 Å². The van der Waals surface area contributed by atoms with Crippen LogP contribution in [0.15, 0.2) is 71.8 Å². The molecule has 166 valence electrons. The second-order valence-corrected chi connectivity index (χ2v) is 7.79. The maximum atomic E-state index is 13.6. The molecule has 0 aliphatic carbocycles. The Balaban J connectivity index is 2.07. The van der Waals surface area contributed by atoms with Gasteiger partial charge in [-0.3, -0.25) is 19.4 Å². The van der Waals surface area contributed by atoms with Crippen molar-refractivity contribution in [1.29, 1.82) is 0 Å². The molecule has 0 spiro atoms. The van der Waals surface area contributed by atoms with Gasteiger partial charge >= 0.3 is 0 Å². The van der Waals surface area contributed by atoms with Crippen molar-refractivity contribution < 1.29 is 9.59 Å². The van der Waals surface area contributed by atoms with Crippen molar-refractivity contribution in [1.82, 2.24) is 19.8 Å². The molecule has 0 aliphatic heterocycles. The summed E-state index contributed by atoms with van der Waals surface area (Å²) in [5.74, 6) is -0.827. The maximum absolute atomic E-state index is 13.6. The molecule has 2 aromatic heterocycles. The Hall–Kier alpha value is -3.74. The lowest BCUT2D eigenvalue weighted by atomic mass is 9.93. The summed E-state index contributed by atoms with van der Waals surface area (Å²) in [6.45, 7) is 3.62. The molecule has 7 heteroatoms. The van der Waals surface area contributed by atoms with Gasteiger partial charge in [-0.25, -0.2) is 0 Å². The average molecular weight is 433 g/mol. The fourth-order valence-corrected chi connectivity index (χ4v) is 3.76. The van der Waals surface area contributed by atoms with Gasteiger partial charge < -0.3 is 14.8 Å². The summed E-state index contributed by atoms with van der Waals surface area (Å²) in [6.07, 6.45) is 3.23. The van der Waals surface area contributed by atoms with Crippen LogP contribution in [0.5, 0.6) is 0 Å². The number of rotatable bonds is 7. The van der Waals surface area contributed by atoms with E-state index in [-0.39, 0.29) is 29.8 Å². The molecule has 3 rings (SSSR count). The van der Waals surface area contributed by atoms with Gasteiger partial charge in [-0.05, 0) is 37.6 Å².